The first-order valence-corrected chi connectivity index (χ1v) is 9.68. The summed E-state index contributed by atoms with van der Waals surface area (Å²) in [6, 6.07) is 3.69. The Kier molecular flexibility index (Phi) is 5.54. The number of carbonyl (C=O) groups excluding carboxylic acids is 2. The molecule has 0 aliphatic carbocycles. The van der Waals surface area contributed by atoms with E-state index in [0.29, 0.717) is 39.5 Å². The third kappa shape index (κ3) is 3.91. The Morgan fingerprint density at radius 2 is 1.89 bits per heavy atom. The number of cyclic esters (lactones) is 1. The predicted molar refractivity (Wildman–Crippen MR) is 97.0 cm³/mol. The fourth-order valence-electron chi connectivity index (χ4n) is 4.19. The average Bonchev–Trinajstić information content (AvgIpc) is 3.16. The zero-order valence-electron chi connectivity index (χ0n) is 15.5. The van der Waals surface area contributed by atoms with Crippen LogP contribution in [0.25, 0.3) is 0 Å². The standard InChI is InChI=1S/C19H26N4O4/c24-18(22-6-3-16(4-7-22)23-10-13-27-19(23)25)17(15-2-1-5-20-14-15)21-8-11-26-12-9-21/h1-2,5,14,16-17H,3-4,6-13H2/t17-/m1/s1. The van der Waals surface area contributed by atoms with Gasteiger partial charge >= 0.3 is 6.09 Å². The van der Waals surface area contributed by atoms with E-state index in [-0.39, 0.29) is 24.1 Å². The maximum atomic E-state index is 13.4. The summed E-state index contributed by atoms with van der Waals surface area (Å²) < 4.78 is 10.5. The second kappa shape index (κ2) is 8.22. The molecular weight excluding hydrogens is 348 g/mol. The van der Waals surface area contributed by atoms with Gasteiger partial charge in [0.15, 0.2) is 0 Å². The van der Waals surface area contributed by atoms with E-state index < -0.39 is 0 Å². The molecule has 4 rings (SSSR count). The molecule has 1 atom stereocenters. The molecule has 0 N–H and O–H groups in total. The van der Waals surface area contributed by atoms with Crippen LogP contribution in [0.15, 0.2) is 24.5 Å². The minimum absolute atomic E-state index is 0.118. The summed E-state index contributed by atoms with van der Waals surface area (Å²) in [5.41, 5.74) is 0.926. The first-order chi connectivity index (χ1) is 13.2. The summed E-state index contributed by atoms with van der Waals surface area (Å²) in [5, 5.41) is 0. The van der Waals surface area contributed by atoms with Crippen molar-refractivity contribution in [2.24, 2.45) is 0 Å². The molecule has 27 heavy (non-hydrogen) atoms. The number of pyridine rings is 1. The van der Waals surface area contributed by atoms with Gasteiger partial charge in [-0.2, -0.15) is 0 Å². The Hall–Kier alpha value is -2.19. The third-order valence-electron chi connectivity index (χ3n) is 5.65. The van der Waals surface area contributed by atoms with Gasteiger partial charge in [-0.15, -0.1) is 0 Å². The van der Waals surface area contributed by atoms with Gasteiger partial charge in [0.1, 0.15) is 12.6 Å². The van der Waals surface area contributed by atoms with Gasteiger partial charge in [-0.1, -0.05) is 6.07 Å². The summed E-state index contributed by atoms with van der Waals surface area (Å²) in [6.45, 7) is 5.21. The molecule has 146 valence electrons. The molecule has 8 nitrogen and oxygen atoms in total. The van der Waals surface area contributed by atoms with E-state index in [1.807, 2.05) is 21.9 Å². The SMILES string of the molecule is O=C([C@@H](c1cccnc1)N1CCOCC1)N1CCC(N2CCOC2=O)CC1. The lowest BCUT2D eigenvalue weighted by Gasteiger charge is -2.40. The minimum atomic E-state index is -0.323. The van der Waals surface area contributed by atoms with Crippen molar-refractivity contribution >= 4 is 12.0 Å². The maximum absolute atomic E-state index is 13.4. The molecule has 3 aliphatic heterocycles. The van der Waals surface area contributed by atoms with E-state index in [1.165, 1.54) is 0 Å². The number of piperidine rings is 1. The quantitative estimate of drug-likeness (QED) is 0.780. The zero-order chi connectivity index (χ0) is 18.6. The molecule has 1 aromatic rings. The van der Waals surface area contributed by atoms with Gasteiger partial charge in [0.25, 0.3) is 0 Å². The molecule has 0 aromatic carbocycles. The lowest BCUT2D eigenvalue weighted by molar-refractivity contribution is -0.140. The normalized spacial score (nSPS) is 23.3. The summed E-state index contributed by atoms with van der Waals surface area (Å²) >= 11 is 0. The van der Waals surface area contributed by atoms with Crippen molar-refractivity contribution in [2.75, 3.05) is 52.5 Å². The summed E-state index contributed by atoms with van der Waals surface area (Å²) in [6.07, 6.45) is 4.88. The topological polar surface area (TPSA) is 75.2 Å². The number of ether oxygens (including phenoxy) is 2. The smallest absolute Gasteiger partial charge is 0.410 e. The summed E-state index contributed by atoms with van der Waals surface area (Å²) in [7, 11) is 0. The molecule has 4 heterocycles. The Balaban J connectivity index is 1.45. The van der Waals surface area contributed by atoms with Gasteiger partial charge < -0.3 is 19.3 Å². The molecular formula is C19H26N4O4. The average molecular weight is 374 g/mol. The number of nitrogens with zero attached hydrogens (tertiary/aromatic N) is 4. The Labute approximate surface area is 159 Å². The minimum Gasteiger partial charge on any atom is -0.448 e. The van der Waals surface area contributed by atoms with Crippen LogP contribution in [0.3, 0.4) is 0 Å². The van der Waals surface area contributed by atoms with E-state index >= 15 is 0 Å². The van der Waals surface area contributed by atoms with Crippen molar-refractivity contribution in [1.29, 1.82) is 0 Å². The predicted octanol–water partition coefficient (Wildman–Crippen LogP) is 0.898. The number of hydrogen-bond acceptors (Lipinski definition) is 6. The Morgan fingerprint density at radius 1 is 1.11 bits per heavy atom. The number of carbonyl (C=O) groups is 2. The van der Waals surface area contributed by atoms with Gasteiger partial charge in [0.05, 0.1) is 19.8 Å². The van der Waals surface area contributed by atoms with E-state index in [1.54, 1.807) is 12.4 Å². The van der Waals surface area contributed by atoms with Crippen molar-refractivity contribution in [3.63, 3.8) is 0 Å². The number of amides is 2. The molecule has 0 spiro atoms. The van der Waals surface area contributed by atoms with Gasteiger partial charge in [-0.3, -0.25) is 14.7 Å². The highest BCUT2D eigenvalue weighted by molar-refractivity contribution is 5.83. The highest BCUT2D eigenvalue weighted by atomic mass is 16.6. The van der Waals surface area contributed by atoms with Crippen LogP contribution in [0.1, 0.15) is 24.4 Å². The van der Waals surface area contributed by atoms with Crippen LogP contribution in [0, 0.1) is 0 Å². The lowest BCUT2D eigenvalue weighted by atomic mass is 10.00. The fraction of sp³-hybridized carbons (Fsp3) is 0.632. The first kappa shape index (κ1) is 18.2. The largest absolute Gasteiger partial charge is 0.448 e. The Morgan fingerprint density at radius 3 is 2.52 bits per heavy atom. The van der Waals surface area contributed by atoms with Crippen LogP contribution in [0.4, 0.5) is 4.79 Å². The van der Waals surface area contributed by atoms with Crippen LogP contribution in [0.2, 0.25) is 0 Å². The van der Waals surface area contributed by atoms with Crippen LogP contribution in [-0.2, 0) is 14.3 Å². The molecule has 0 radical (unpaired) electrons. The number of morpholine rings is 1. The van der Waals surface area contributed by atoms with E-state index in [0.717, 1.165) is 31.5 Å². The maximum Gasteiger partial charge on any atom is 0.410 e. The van der Waals surface area contributed by atoms with Crippen LogP contribution in [-0.4, -0.2) is 90.3 Å². The second-order valence-corrected chi connectivity index (χ2v) is 7.20. The lowest BCUT2D eigenvalue weighted by Crippen LogP contribution is -2.51. The van der Waals surface area contributed by atoms with Crippen molar-refractivity contribution in [1.82, 2.24) is 19.7 Å². The highest BCUT2D eigenvalue weighted by Crippen LogP contribution is 2.27. The van der Waals surface area contributed by atoms with Gasteiger partial charge in [-0.25, -0.2) is 4.79 Å². The number of likely N-dealkylation sites (tertiary alicyclic amines) is 1. The monoisotopic (exact) mass is 374 g/mol. The van der Waals surface area contributed by atoms with Crippen molar-refractivity contribution in [2.45, 2.75) is 24.9 Å². The van der Waals surface area contributed by atoms with E-state index in [9.17, 15) is 9.59 Å². The second-order valence-electron chi connectivity index (χ2n) is 7.20. The molecule has 2 amide bonds. The molecule has 0 saturated carbocycles. The summed E-state index contributed by atoms with van der Waals surface area (Å²) in [4.78, 5) is 35.3. The van der Waals surface area contributed by atoms with E-state index in [2.05, 4.69) is 9.88 Å². The van der Waals surface area contributed by atoms with Gasteiger partial charge in [0, 0.05) is 44.6 Å². The zero-order valence-corrected chi connectivity index (χ0v) is 15.5. The first-order valence-electron chi connectivity index (χ1n) is 9.68. The van der Waals surface area contributed by atoms with Gasteiger partial charge in [-0.05, 0) is 24.5 Å². The van der Waals surface area contributed by atoms with Crippen molar-refractivity contribution < 1.29 is 19.1 Å². The van der Waals surface area contributed by atoms with Gasteiger partial charge in [0.2, 0.25) is 5.91 Å². The third-order valence-corrected chi connectivity index (χ3v) is 5.65. The molecule has 0 bridgehead atoms. The Bertz CT molecular complexity index is 657. The molecule has 1 aromatic heterocycles. The highest BCUT2D eigenvalue weighted by Gasteiger charge is 2.37. The van der Waals surface area contributed by atoms with Crippen LogP contribution < -0.4 is 0 Å². The van der Waals surface area contributed by atoms with Crippen molar-refractivity contribution in [3.8, 4) is 0 Å². The number of hydrogen-bond donors (Lipinski definition) is 0. The van der Waals surface area contributed by atoms with E-state index in [4.69, 9.17) is 9.47 Å². The fourth-order valence-corrected chi connectivity index (χ4v) is 4.19. The molecule has 3 aliphatic rings. The molecule has 0 unspecified atom stereocenters. The summed E-state index contributed by atoms with van der Waals surface area (Å²) in [5.74, 6) is 0.118. The molecule has 3 fully saturated rings. The molecule has 3 saturated heterocycles. The molecule has 8 heteroatoms. The van der Waals surface area contributed by atoms with Crippen LogP contribution >= 0.6 is 0 Å². The van der Waals surface area contributed by atoms with Crippen LogP contribution in [0.5, 0.6) is 0 Å². The number of aromatic nitrogens is 1. The number of rotatable bonds is 4. The van der Waals surface area contributed by atoms with Crippen molar-refractivity contribution in [3.05, 3.63) is 30.1 Å².